The zero-order valence-electron chi connectivity index (χ0n) is 30.7. The van der Waals surface area contributed by atoms with Gasteiger partial charge in [-0.15, -0.1) is 0 Å². The van der Waals surface area contributed by atoms with E-state index in [2.05, 4.69) is 27.7 Å². The van der Waals surface area contributed by atoms with Gasteiger partial charge in [-0.25, -0.2) is 0 Å². The third-order valence-corrected chi connectivity index (χ3v) is 9.31. The first-order valence-electron chi connectivity index (χ1n) is 19.8. The van der Waals surface area contributed by atoms with Gasteiger partial charge < -0.3 is 14.6 Å². The van der Waals surface area contributed by atoms with E-state index in [0.717, 1.165) is 37.5 Å². The third-order valence-electron chi connectivity index (χ3n) is 9.31. The molecular weight excluding hydrogens is 560 g/mol. The Morgan fingerprint density at radius 3 is 1.07 bits per heavy atom. The van der Waals surface area contributed by atoms with Crippen molar-refractivity contribution < 1.29 is 24.2 Å². The van der Waals surface area contributed by atoms with Gasteiger partial charge in [0.2, 0.25) is 0 Å². The van der Waals surface area contributed by atoms with Crippen LogP contribution in [-0.2, 0) is 19.1 Å². The lowest BCUT2D eigenvalue weighted by atomic mass is 9.99. The third kappa shape index (κ3) is 35.6. The van der Waals surface area contributed by atoms with Crippen molar-refractivity contribution in [3.63, 3.8) is 0 Å². The minimum absolute atomic E-state index is 0.109. The van der Waals surface area contributed by atoms with Crippen molar-refractivity contribution in [2.24, 2.45) is 11.8 Å². The summed E-state index contributed by atoms with van der Waals surface area (Å²) in [7, 11) is 0. The summed E-state index contributed by atoms with van der Waals surface area (Å²) in [5.74, 6) is 1.18. The molecule has 0 heterocycles. The number of carbonyl (C=O) groups is 2. The van der Waals surface area contributed by atoms with Crippen molar-refractivity contribution >= 4 is 11.9 Å². The van der Waals surface area contributed by atoms with Gasteiger partial charge in [0, 0.05) is 12.8 Å². The average molecular weight is 639 g/mol. The highest BCUT2D eigenvalue weighted by atomic mass is 16.6. The Labute approximate surface area is 280 Å². The lowest BCUT2D eigenvalue weighted by molar-refractivity contribution is -0.152. The Hall–Kier alpha value is -1.10. The fraction of sp³-hybridized carbons (Fsp3) is 0.950. The molecule has 0 aromatic heterocycles. The van der Waals surface area contributed by atoms with Crippen LogP contribution in [0.1, 0.15) is 214 Å². The molecule has 0 fully saturated rings. The molecule has 0 aliphatic heterocycles. The van der Waals surface area contributed by atoms with E-state index in [-0.39, 0.29) is 25.2 Å². The number of esters is 2. The van der Waals surface area contributed by atoms with Gasteiger partial charge in [-0.1, -0.05) is 188 Å². The van der Waals surface area contributed by atoms with E-state index >= 15 is 0 Å². The van der Waals surface area contributed by atoms with Crippen molar-refractivity contribution in [2.75, 3.05) is 13.2 Å². The molecule has 0 saturated heterocycles. The molecule has 0 aliphatic rings. The summed E-state index contributed by atoms with van der Waals surface area (Å²) in [5.41, 5.74) is 0. The molecule has 1 unspecified atom stereocenters. The van der Waals surface area contributed by atoms with Crippen LogP contribution in [0.5, 0.6) is 0 Å². The van der Waals surface area contributed by atoms with Crippen LogP contribution in [-0.4, -0.2) is 36.4 Å². The number of aliphatic hydroxyl groups excluding tert-OH is 1. The molecule has 0 amide bonds. The first-order chi connectivity index (χ1) is 21.8. The maximum atomic E-state index is 12.0. The zero-order chi connectivity index (χ0) is 33.2. The maximum absolute atomic E-state index is 12.0. The predicted octanol–water partition coefficient (Wildman–Crippen LogP) is 12.1. The summed E-state index contributed by atoms with van der Waals surface area (Å²) in [6.45, 7) is 9.04. The van der Waals surface area contributed by atoms with Crippen LogP contribution in [0.4, 0.5) is 0 Å². The van der Waals surface area contributed by atoms with Gasteiger partial charge in [0.15, 0.2) is 0 Å². The minimum atomic E-state index is -0.956. The summed E-state index contributed by atoms with van der Waals surface area (Å²) in [6, 6.07) is 0. The monoisotopic (exact) mass is 639 g/mol. The number of ether oxygens (including phenoxy) is 2. The molecule has 0 saturated carbocycles. The molecule has 0 radical (unpaired) electrons. The molecule has 0 bridgehead atoms. The number of rotatable bonds is 35. The largest absolute Gasteiger partial charge is 0.463 e. The Balaban J connectivity index is 3.39. The SMILES string of the molecule is CCC(C)CCCCCCCCCCCCC(=O)OC[C@@H](O)COC(=O)CCCCCCCCCCCCCCCCC(C)C. The van der Waals surface area contributed by atoms with Crippen molar-refractivity contribution in [2.45, 2.75) is 220 Å². The summed E-state index contributed by atoms with van der Waals surface area (Å²) < 4.78 is 10.3. The van der Waals surface area contributed by atoms with Crippen LogP contribution >= 0.6 is 0 Å². The van der Waals surface area contributed by atoms with Crippen LogP contribution in [0.15, 0.2) is 0 Å². The smallest absolute Gasteiger partial charge is 0.305 e. The molecule has 268 valence electrons. The molecule has 45 heavy (non-hydrogen) atoms. The standard InChI is InChI=1S/C40H78O5/c1-5-37(4)31-27-23-19-15-12-13-17-21-25-29-33-40(43)45-35-38(41)34-44-39(42)32-28-24-20-16-11-9-7-6-8-10-14-18-22-26-30-36(2)3/h36-38,41H,5-35H2,1-4H3/t37?,38-/m0/s1. The molecule has 5 nitrogen and oxygen atoms in total. The minimum Gasteiger partial charge on any atom is -0.463 e. The summed E-state index contributed by atoms with van der Waals surface area (Å²) in [6.07, 6.45) is 34.3. The summed E-state index contributed by atoms with van der Waals surface area (Å²) >= 11 is 0. The van der Waals surface area contributed by atoms with Gasteiger partial charge in [0.25, 0.3) is 0 Å². The van der Waals surface area contributed by atoms with Gasteiger partial charge in [-0.2, -0.15) is 0 Å². The number of carbonyl (C=O) groups excluding carboxylic acids is 2. The molecular formula is C40H78O5. The molecule has 0 aliphatic carbocycles. The topological polar surface area (TPSA) is 72.8 Å². The molecule has 5 heteroatoms. The Bertz CT molecular complexity index is 634. The average Bonchev–Trinajstić information content (AvgIpc) is 3.02. The number of unbranched alkanes of at least 4 members (excludes halogenated alkanes) is 22. The normalized spacial score (nSPS) is 12.8. The van der Waals surface area contributed by atoms with E-state index in [0.29, 0.717) is 12.8 Å². The highest BCUT2D eigenvalue weighted by Gasteiger charge is 2.12. The van der Waals surface area contributed by atoms with E-state index in [1.54, 1.807) is 0 Å². The molecule has 0 aromatic rings. The lowest BCUT2D eigenvalue weighted by Crippen LogP contribution is -2.25. The summed E-state index contributed by atoms with van der Waals surface area (Å²) in [4.78, 5) is 23.9. The van der Waals surface area contributed by atoms with Crippen LogP contribution in [0.2, 0.25) is 0 Å². The predicted molar refractivity (Wildman–Crippen MR) is 191 cm³/mol. The second-order valence-electron chi connectivity index (χ2n) is 14.5. The highest BCUT2D eigenvalue weighted by molar-refractivity contribution is 5.69. The lowest BCUT2D eigenvalue weighted by Gasteiger charge is -2.12. The molecule has 0 aromatic carbocycles. The first kappa shape index (κ1) is 43.9. The second-order valence-corrected chi connectivity index (χ2v) is 14.5. The van der Waals surface area contributed by atoms with Gasteiger partial charge in [-0.3, -0.25) is 9.59 Å². The number of hydrogen-bond acceptors (Lipinski definition) is 5. The van der Waals surface area contributed by atoms with E-state index in [1.165, 1.54) is 148 Å². The second kappa shape index (κ2) is 34.2. The van der Waals surface area contributed by atoms with Gasteiger partial charge in [-0.05, 0) is 24.7 Å². The number of hydrogen-bond donors (Lipinski definition) is 1. The number of aliphatic hydroxyl groups is 1. The molecule has 2 atom stereocenters. The van der Waals surface area contributed by atoms with Crippen LogP contribution in [0, 0.1) is 11.8 Å². The van der Waals surface area contributed by atoms with Gasteiger partial charge >= 0.3 is 11.9 Å². The van der Waals surface area contributed by atoms with Crippen molar-refractivity contribution in [3.8, 4) is 0 Å². The van der Waals surface area contributed by atoms with Crippen LogP contribution in [0.3, 0.4) is 0 Å². The van der Waals surface area contributed by atoms with Gasteiger partial charge in [0.1, 0.15) is 19.3 Å². The summed E-state index contributed by atoms with van der Waals surface area (Å²) in [5, 5.41) is 10.0. The van der Waals surface area contributed by atoms with Gasteiger partial charge in [0.05, 0.1) is 0 Å². The zero-order valence-corrected chi connectivity index (χ0v) is 30.7. The molecule has 1 N–H and O–H groups in total. The van der Waals surface area contributed by atoms with E-state index in [4.69, 9.17) is 9.47 Å². The van der Waals surface area contributed by atoms with E-state index < -0.39 is 6.10 Å². The first-order valence-corrected chi connectivity index (χ1v) is 19.8. The Kier molecular flexibility index (Phi) is 33.4. The molecule has 0 spiro atoms. The van der Waals surface area contributed by atoms with Crippen molar-refractivity contribution in [3.05, 3.63) is 0 Å². The van der Waals surface area contributed by atoms with Crippen molar-refractivity contribution in [1.82, 2.24) is 0 Å². The highest BCUT2D eigenvalue weighted by Crippen LogP contribution is 2.17. The Morgan fingerprint density at radius 2 is 0.756 bits per heavy atom. The van der Waals surface area contributed by atoms with E-state index in [1.807, 2.05) is 0 Å². The van der Waals surface area contributed by atoms with Crippen LogP contribution < -0.4 is 0 Å². The Morgan fingerprint density at radius 1 is 0.467 bits per heavy atom. The van der Waals surface area contributed by atoms with Crippen LogP contribution in [0.25, 0.3) is 0 Å². The fourth-order valence-corrected chi connectivity index (χ4v) is 5.89. The quantitative estimate of drug-likeness (QED) is 0.0552. The van der Waals surface area contributed by atoms with E-state index in [9.17, 15) is 14.7 Å². The van der Waals surface area contributed by atoms with Crippen molar-refractivity contribution in [1.29, 1.82) is 0 Å². The fourth-order valence-electron chi connectivity index (χ4n) is 5.89. The molecule has 0 rings (SSSR count). The maximum Gasteiger partial charge on any atom is 0.305 e.